The number of aryl methyl sites for hydroxylation is 4. The summed E-state index contributed by atoms with van der Waals surface area (Å²) in [6, 6.07) is 17.1. The van der Waals surface area contributed by atoms with Gasteiger partial charge in [-0.25, -0.2) is 4.68 Å². The summed E-state index contributed by atoms with van der Waals surface area (Å²) >= 11 is 0. The fraction of sp³-hybridized carbons (Fsp3) is 0.367. The number of rotatable bonds is 5. The SMILES string of the molecule is Cc1ccc(Cn2c(C)c3cnn(CC(=O)N4CCN(c5cccc(C)c5)[C@H](C)C4)c(=O)c3c2C)cc1. The number of anilines is 1. The third-order valence-electron chi connectivity index (χ3n) is 7.67. The Hall–Kier alpha value is -3.87. The minimum absolute atomic E-state index is 0.0480. The summed E-state index contributed by atoms with van der Waals surface area (Å²) in [6.07, 6.45) is 1.73. The number of fused-ring (bicyclic) bond motifs is 1. The Labute approximate surface area is 217 Å². The summed E-state index contributed by atoms with van der Waals surface area (Å²) in [7, 11) is 0. The fourth-order valence-corrected chi connectivity index (χ4v) is 5.47. The van der Waals surface area contributed by atoms with Gasteiger partial charge in [0.05, 0.1) is 11.6 Å². The van der Waals surface area contributed by atoms with Crippen LogP contribution in [0, 0.1) is 27.7 Å². The van der Waals surface area contributed by atoms with E-state index in [4.69, 9.17) is 0 Å². The van der Waals surface area contributed by atoms with Gasteiger partial charge in [0.2, 0.25) is 5.91 Å². The maximum atomic E-state index is 13.5. The average Bonchev–Trinajstić information content (AvgIpc) is 3.11. The Kier molecular flexibility index (Phi) is 6.63. The number of carbonyl (C=O) groups excluding carboxylic acids is 1. The molecule has 2 aromatic carbocycles. The van der Waals surface area contributed by atoms with E-state index in [2.05, 4.69) is 83.9 Å². The molecule has 0 bridgehead atoms. The van der Waals surface area contributed by atoms with Crippen molar-refractivity contribution in [2.75, 3.05) is 24.5 Å². The van der Waals surface area contributed by atoms with Crippen LogP contribution in [-0.2, 0) is 17.9 Å². The van der Waals surface area contributed by atoms with E-state index in [1.165, 1.54) is 27.1 Å². The molecule has 1 amide bonds. The number of carbonyl (C=O) groups is 1. The fourth-order valence-electron chi connectivity index (χ4n) is 5.47. The van der Waals surface area contributed by atoms with E-state index in [0.29, 0.717) is 25.0 Å². The summed E-state index contributed by atoms with van der Waals surface area (Å²) in [6.45, 7) is 13.0. The number of piperazine rings is 1. The van der Waals surface area contributed by atoms with Gasteiger partial charge in [0.1, 0.15) is 6.54 Å². The molecule has 0 radical (unpaired) electrons. The predicted octanol–water partition coefficient (Wildman–Crippen LogP) is 4.22. The molecule has 1 aliphatic heterocycles. The highest BCUT2D eigenvalue weighted by atomic mass is 16.2. The second kappa shape index (κ2) is 9.88. The predicted molar refractivity (Wildman–Crippen MR) is 148 cm³/mol. The summed E-state index contributed by atoms with van der Waals surface area (Å²) in [5, 5.41) is 5.89. The lowest BCUT2D eigenvalue weighted by Crippen LogP contribution is -2.54. The van der Waals surface area contributed by atoms with Crippen LogP contribution in [0.3, 0.4) is 0 Å². The topological polar surface area (TPSA) is 63.4 Å². The summed E-state index contributed by atoms with van der Waals surface area (Å²) in [4.78, 5) is 30.9. The van der Waals surface area contributed by atoms with Gasteiger partial charge in [0.25, 0.3) is 5.56 Å². The molecule has 37 heavy (non-hydrogen) atoms. The molecule has 4 aromatic rings. The van der Waals surface area contributed by atoms with Crippen molar-refractivity contribution in [2.45, 2.75) is 53.8 Å². The normalized spacial score (nSPS) is 16.0. The monoisotopic (exact) mass is 497 g/mol. The molecule has 0 saturated carbocycles. The second-order valence-electron chi connectivity index (χ2n) is 10.4. The number of amides is 1. The standard InChI is InChI=1S/C30H35N5O2/c1-20-9-11-25(12-10-20)18-34-23(4)27-16-31-35(30(37)29(27)24(34)5)19-28(36)32-13-14-33(22(3)17-32)26-8-6-7-21(2)15-26/h6-12,15-16,22H,13-14,17-19H2,1-5H3/t22-/m1/s1. The highest BCUT2D eigenvalue weighted by Gasteiger charge is 2.28. The third kappa shape index (κ3) is 4.78. The Morgan fingerprint density at radius 2 is 1.73 bits per heavy atom. The van der Waals surface area contributed by atoms with Crippen LogP contribution in [0.4, 0.5) is 5.69 Å². The molecule has 0 aliphatic carbocycles. The highest BCUT2D eigenvalue weighted by molar-refractivity contribution is 5.87. The van der Waals surface area contributed by atoms with Gasteiger partial charge in [-0.2, -0.15) is 5.10 Å². The van der Waals surface area contributed by atoms with Gasteiger partial charge >= 0.3 is 0 Å². The molecule has 5 rings (SSSR count). The first-order valence-corrected chi connectivity index (χ1v) is 12.9. The molecule has 1 fully saturated rings. The van der Waals surface area contributed by atoms with Crippen molar-refractivity contribution in [3.05, 3.63) is 93.2 Å². The lowest BCUT2D eigenvalue weighted by Gasteiger charge is -2.41. The van der Waals surface area contributed by atoms with Crippen LogP contribution < -0.4 is 10.5 Å². The van der Waals surface area contributed by atoms with Gasteiger partial charge in [0.15, 0.2) is 0 Å². The molecule has 1 saturated heterocycles. The van der Waals surface area contributed by atoms with Crippen molar-refractivity contribution in [1.29, 1.82) is 0 Å². The highest BCUT2D eigenvalue weighted by Crippen LogP contribution is 2.24. The van der Waals surface area contributed by atoms with Gasteiger partial charge in [-0.1, -0.05) is 42.0 Å². The molecule has 7 nitrogen and oxygen atoms in total. The molecular formula is C30H35N5O2. The number of benzene rings is 2. The first-order chi connectivity index (χ1) is 17.7. The van der Waals surface area contributed by atoms with Gasteiger partial charge in [0, 0.05) is 54.7 Å². The lowest BCUT2D eigenvalue weighted by atomic mass is 10.1. The zero-order valence-electron chi connectivity index (χ0n) is 22.4. The summed E-state index contributed by atoms with van der Waals surface area (Å²) < 4.78 is 3.49. The molecule has 2 aromatic heterocycles. The van der Waals surface area contributed by atoms with E-state index in [9.17, 15) is 9.59 Å². The van der Waals surface area contributed by atoms with Crippen LogP contribution in [-0.4, -0.2) is 50.8 Å². The molecular weight excluding hydrogens is 462 g/mol. The largest absolute Gasteiger partial charge is 0.365 e. The van der Waals surface area contributed by atoms with Crippen molar-refractivity contribution in [3.8, 4) is 0 Å². The van der Waals surface area contributed by atoms with Crippen molar-refractivity contribution in [2.24, 2.45) is 0 Å². The zero-order chi connectivity index (χ0) is 26.3. The maximum Gasteiger partial charge on any atom is 0.276 e. The molecule has 192 valence electrons. The Morgan fingerprint density at radius 1 is 0.973 bits per heavy atom. The number of aromatic nitrogens is 3. The second-order valence-corrected chi connectivity index (χ2v) is 10.4. The van der Waals surface area contributed by atoms with Crippen molar-refractivity contribution in [1.82, 2.24) is 19.2 Å². The van der Waals surface area contributed by atoms with Crippen LogP contribution in [0.25, 0.3) is 10.8 Å². The first-order valence-electron chi connectivity index (χ1n) is 12.9. The van der Waals surface area contributed by atoms with Crippen molar-refractivity contribution >= 4 is 22.4 Å². The van der Waals surface area contributed by atoms with Crippen LogP contribution >= 0.6 is 0 Å². The molecule has 1 atom stereocenters. The summed E-state index contributed by atoms with van der Waals surface area (Å²) in [5.41, 5.74) is 6.52. The van der Waals surface area contributed by atoms with E-state index in [1.54, 1.807) is 6.20 Å². The quantitative estimate of drug-likeness (QED) is 0.414. The average molecular weight is 498 g/mol. The van der Waals surface area contributed by atoms with Crippen LogP contribution in [0.15, 0.2) is 59.5 Å². The molecule has 0 N–H and O–H groups in total. The van der Waals surface area contributed by atoms with E-state index < -0.39 is 0 Å². The van der Waals surface area contributed by atoms with Gasteiger partial charge in [-0.15, -0.1) is 0 Å². The van der Waals surface area contributed by atoms with Crippen LogP contribution in [0.5, 0.6) is 0 Å². The third-order valence-corrected chi connectivity index (χ3v) is 7.67. The van der Waals surface area contributed by atoms with Gasteiger partial charge in [-0.05, 0) is 57.9 Å². The Bertz CT molecular complexity index is 1520. The number of hydrogen-bond donors (Lipinski definition) is 0. The lowest BCUT2D eigenvalue weighted by molar-refractivity contribution is -0.132. The van der Waals surface area contributed by atoms with Crippen molar-refractivity contribution in [3.63, 3.8) is 0 Å². The van der Waals surface area contributed by atoms with E-state index in [-0.39, 0.29) is 24.1 Å². The number of nitrogens with zero attached hydrogens (tertiary/aromatic N) is 5. The molecule has 7 heteroatoms. The van der Waals surface area contributed by atoms with E-state index >= 15 is 0 Å². The van der Waals surface area contributed by atoms with Crippen LogP contribution in [0.2, 0.25) is 0 Å². The van der Waals surface area contributed by atoms with E-state index in [1.807, 2.05) is 18.7 Å². The van der Waals surface area contributed by atoms with Gasteiger partial charge < -0.3 is 14.4 Å². The molecule has 0 spiro atoms. The van der Waals surface area contributed by atoms with Crippen molar-refractivity contribution < 1.29 is 4.79 Å². The van der Waals surface area contributed by atoms with E-state index in [0.717, 1.165) is 23.3 Å². The Balaban J connectivity index is 1.34. The molecule has 0 unspecified atom stereocenters. The minimum atomic E-state index is -0.208. The maximum absolute atomic E-state index is 13.5. The smallest absolute Gasteiger partial charge is 0.276 e. The Morgan fingerprint density at radius 3 is 2.43 bits per heavy atom. The van der Waals surface area contributed by atoms with Crippen LogP contribution in [0.1, 0.15) is 35.0 Å². The zero-order valence-corrected chi connectivity index (χ0v) is 22.4. The van der Waals surface area contributed by atoms with Gasteiger partial charge in [-0.3, -0.25) is 9.59 Å². The first kappa shape index (κ1) is 24.8. The number of hydrogen-bond acceptors (Lipinski definition) is 4. The molecule has 3 heterocycles. The summed E-state index contributed by atoms with van der Waals surface area (Å²) in [5.74, 6) is -0.0712. The molecule has 1 aliphatic rings. The minimum Gasteiger partial charge on any atom is -0.365 e.